The lowest BCUT2D eigenvalue weighted by atomic mass is 9.83. The van der Waals surface area contributed by atoms with Crippen molar-refractivity contribution in [3.05, 3.63) is 40.8 Å². The third kappa shape index (κ3) is 3.76. The van der Waals surface area contributed by atoms with Crippen LogP contribution in [0.3, 0.4) is 0 Å². The number of hydrogen-bond acceptors (Lipinski definition) is 8. The molecule has 13 heteroatoms. The van der Waals surface area contributed by atoms with Crippen LogP contribution in [0.5, 0.6) is 0 Å². The highest BCUT2D eigenvalue weighted by Gasteiger charge is 2.34. The third-order valence-electron chi connectivity index (χ3n) is 4.84. The monoisotopic (exact) mass is 411 g/mol. The molecule has 1 fully saturated rings. The average molecular weight is 411 g/mol. The van der Waals surface area contributed by atoms with E-state index in [0.717, 1.165) is 11.1 Å². The largest absolute Gasteiger partial charge is 0.409 e. The first-order valence-electron chi connectivity index (χ1n) is 8.49. The summed E-state index contributed by atoms with van der Waals surface area (Å²) >= 11 is 0. The second kappa shape index (κ2) is 7.00. The molecule has 1 unspecified atom stereocenters. The number of nitrogens with two attached hydrogens (primary N) is 1. The van der Waals surface area contributed by atoms with Gasteiger partial charge >= 0.3 is 0 Å². The van der Waals surface area contributed by atoms with Crippen molar-refractivity contribution >= 4 is 21.9 Å². The fourth-order valence-corrected chi connectivity index (χ4v) is 4.07. The van der Waals surface area contributed by atoms with Crippen LogP contribution in [0.2, 0.25) is 0 Å². The summed E-state index contributed by atoms with van der Waals surface area (Å²) < 4.78 is 42.5. The smallest absolute Gasteiger partial charge is 0.274 e. The number of amidine groups is 1. The van der Waals surface area contributed by atoms with Crippen molar-refractivity contribution < 1.29 is 22.6 Å². The van der Waals surface area contributed by atoms with E-state index >= 15 is 0 Å². The summed E-state index contributed by atoms with van der Waals surface area (Å²) in [4.78, 5) is 0. The zero-order valence-corrected chi connectivity index (χ0v) is 15.3. The number of fused-ring (bicyclic) bond motifs is 1. The zero-order chi connectivity index (χ0) is 19.9. The summed E-state index contributed by atoms with van der Waals surface area (Å²) in [6, 6.07) is 3.97. The fraction of sp³-hybridized carbons (Fsp3) is 0.400. The molecule has 2 aromatic rings. The first kappa shape index (κ1) is 18.6. The Labute approximate surface area is 159 Å². The van der Waals surface area contributed by atoms with Crippen LogP contribution in [0, 0.1) is 5.82 Å². The van der Waals surface area contributed by atoms with Gasteiger partial charge in [-0.15, -0.1) is 0 Å². The molecule has 1 aromatic carbocycles. The topological polar surface area (TPSA) is 168 Å². The van der Waals surface area contributed by atoms with E-state index in [1.165, 1.54) is 12.1 Å². The van der Waals surface area contributed by atoms with Gasteiger partial charge in [-0.1, -0.05) is 11.2 Å². The van der Waals surface area contributed by atoms with Crippen molar-refractivity contribution in [2.75, 3.05) is 5.32 Å². The van der Waals surface area contributed by atoms with Gasteiger partial charge in [-0.05, 0) is 52.8 Å². The van der Waals surface area contributed by atoms with E-state index in [9.17, 15) is 18.0 Å². The molecule has 2 aliphatic rings. The van der Waals surface area contributed by atoms with Gasteiger partial charge in [0.2, 0.25) is 5.82 Å². The van der Waals surface area contributed by atoms with Gasteiger partial charge in [0.25, 0.3) is 10.2 Å². The maximum atomic E-state index is 13.4. The minimum Gasteiger partial charge on any atom is -0.409 e. The van der Waals surface area contributed by atoms with Crippen molar-refractivity contribution in [3.8, 4) is 0 Å². The number of rotatable bonds is 6. The fourth-order valence-electron chi connectivity index (χ4n) is 3.41. The van der Waals surface area contributed by atoms with Gasteiger partial charge in [0.15, 0.2) is 11.5 Å². The Bertz CT molecular complexity index is 1020. The molecule has 0 radical (unpaired) electrons. The van der Waals surface area contributed by atoms with Crippen molar-refractivity contribution in [2.24, 2.45) is 10.3 Å². The van der Waals surface area contributed by atoms with E-state index in [1.807, 2.05) is 0 Å². The van der Waals surface area contributed by atoms with Crippen LogP contribution in [0.4, 0.5) is 10.2 Å². The molecular weight excluding hydrogens is 393 g/mol. The molecule has 6 N–H and O–H groups in total. The van der Waals surface area contributed by atoms with Crippen LogP contribution in [-0.2, 0) is 16.6 Å². The van der Waals surface area contributed by atoms with Crippen LogP contribution in [0.1, 0.15) is 35.7 Å². The molecule has 1 saturated carbocycles. The molecule has 2 aliphatic carbocycles. The van der Waals surface area contributed by atoms with E-state index in [0.29, 0.717) is 19.3 Å². The Kier molecular flexibility index (Phi) is 4.64. The highest BCUT2D eigenvalue weighted by Crippen LogP contribution is 2.34. The van der Waals surface area contributed by atoms with Gasteiger partial charge in [-0.25, -0.2) is 14.2 Å². The van der Waals surface area contributed by atoms with Crippen LogP contribution in [0.15, 0.2) is 28.0 Å². The Hall–Kier alpha value is -2.77. The Morgan fingerprint density at radius 1 is 1.32 bits per heavy atom. The Morgan fingerprint density at radius 3 is 2.82 bits per heavy atom. The highest BCUT2D eigenvalue weighted by atomic mass is 32.2. The van der Waals surface area contributed by atoms with E-state index in [2.05, 4.69) is 30.8 Å². The molecule has 0 spiro atoms. The lowest BCUT2D eigenvalue weighted by molar-refractivity contribution is 0.301. The van der Waals surface area contributed by atoms with Crippen molar-refractivity contribution in [3.63, 3.8) is 0 Å². The molecule has 28 heavy (non-hydrogen) atoms. The molecule has 1 aromatic heterocycles. The van der Waals surface area contributed by atoms with Gasteiger partial charge in [0.05, 0.1) is 6.04 Å². The lowest BCUT2D eigenvalue weighted by Crippen LogP contribution is -2.51. The molecule has 0 bridgehead atoms. The number of hydrogen-bond donors (Lipinski definition) is 5. The molecule has 4 rings (SSSR count). The summed E-state index contributed by atoms with van der Waals surface area (Å²) in [7, 11) is -3.75. The predicted molar refractivity (Wildman–Crippen MR) is 95.3 cm³/mol. The van der Waals surface area contributed by atoms with Gasteiger partial charge in [0.1, 0.15) is 5.82 Å². The summed E-state index contributed by atoms with van der Waals surface area (Å²) in [5, 5.41) is 31.1. The van der Waals surface area contributed by atoms with Crippen molar-refractivity contribution in [1.82, 2.24) is 20.4 Å². The first-order valence-corrected chi connectivity index (χ1v) is 10.0. The number of nitrogens with zero attached hydrogens (tertiary/aromatic N) is 3. The molecule has 0 amide bonds. The second-order valence-corrected chi connectivity index (χ2v) is 8.15. The molecule has 0 saturated heterocycles. The van der Waals surface area contributed by atoms with Gasteiger partial charge in [-0.3, -0.25) is 0 Å². The molecule has 1 atom stereocenters. The number of anilines is 1. The minimum absolute atomic E-state index is 0.0298. The molecule has 150 valence electrons. The molecule has 1 heterocycles. The summed E-state index contributed by atoms with van der Waals surface area (Å²) in [6.45, 7) is 0. The second-order valence-electron chi connectivity index (χ2n) is 6.83. The van der Waals surface area contributed by atoms with Gasteiger partial charge < -0.3 is 15.8 Å². The first-order chi connectivity index (χ1) is 13.3. The predicted octanol–water partition coefficient (Wildman–Crippen LogP) is -0.0325. The summed E-state index contributed by atoms with van der Waals surface area (Å²) in [5.41, 5.74) is 1.95. The number of aromatic nitrogens is 2. The van der Waals surface area contributed by atoms with Gasteiger partial charge in [0, 0.05) is 12.1 Å². The minimum atomic E-state index is -3.75. The van der Waals surface area contributed by atoms with E-state index < -0.39 is 10.2 Å². The number of benzene rings is 1. The van der Waals surface area contributed by atoms with Crippen molar-refractivity contribution in [1.29, 1.82) is 0 Å². The average Bonchev–Trinajstić information content (AvgIpc) is 3.03. The molecule has 0 aliphatic heterocycles. The quantitative estimate of drug-likeness (QED) is 0.191. The maximum Gasteiger partial charge on any atom is 0.274 e. The molecule has 11 nitrogen and oxygen atoms in total. The Balaban J connectivity index is 1.39. The SMILES string of the molecule is NS(=O)(=O)NC1CC(Nc2nonc2/C(=N/O)NC2Cc3ccc(F)cc32)C1. The number of halogens is 1. The van der Waals surface area contributed by atoms with Crippen LogP contribution in [0.25, 0.3) is 0 Å². The third-order valence-corrected chi connectivity index (χ3v) is 5.50. The number of nitrogens with one attached hydrogen (secondary N) is 3. The standard InChI is InChI=1S/C15H18FN7O4S/c16-8-2-1-7-3-12(11(7)4-8)19-14(20-24)13-15(22-27-21-13)18-9-5-10(6-9)23-28(17,25)26/h1-2,4,9-10,12,23-24H,3,5-6H2,(H,18,22)(H,19,20)(H2,17,25,26). The highest BCUT2D eigenvalue weighted by molar-refractivity contribution is 7.87. The molecular formula is C15H18FN7O4S. The van der Waals surface area contributed by atoms with E-state index in [-0.39, 0.29) is 41.3 Å². The number of oxime groups is 1. The van der Waals surface area contributed by atoms with Crippen molar-refractivity contribution in [2.45, 2.75) is 37.4 Å². The zero-order valence-electron chi connectivity index (χ0n) is 14.5. The van der Waals surface area contributed by atoms with Crippen LogP contribution < -0.4 is 20.5 Å². The Morgan fingerprint density at radius 2 is 2.11 bits per heavy atom. The van der Waals surface area contributed by atoms with Gasteiger partial charge in [-0.2, -0.15) is 13.1 Å². The van der Waals surface area contributed by atoms with Crippen LogP contribution >= 0.6 is 0 Å². The summed E-state index contributed by atoms with van der Waals surface area (Å²) in [6.07, 6.45) is 1.64. The lowest BCUT2D eigenvalue weighted by Gasteiger charge is -2.35. The van der Waals surface area contributed by atoms with E-state index in [4.69, 9.17) is 9.77 Å². The normalized spacial score (nSPS) is 24.1. The van der Waals surface area contributed by atoms with E-state index in [1.54, 1.807) is 6.07 Å². The maximum absolute atomic E-state index is 13.4. The van der Waals surface area contributed by atoms with Crippen LogP contribution in [-0.4, -0.2) is 41.9 Å². The summed E-state index contributed by atoms with van der Waals surface area (Å²) in [5.74, 6) is -0.0637.